The minimum Gasteiger partial charge on any atom is -0.484 e. The van der Waals surface area contributed by atoms with Crippen LogP contribution in [0.1, 0.15) is 20.8 Å². The number of hydrogen-bond donors (Lipinski definition) is 3. The Morgan fingerprint density at radius 2 is 1.78 bits per heavy atom. The Hall–Kier alpha value is -2.34. The van der Waals surface area contributed by atoms with Gasteiger partial charge in [-0.15, -0.1) is 0 Å². The third-order valence-electron chi connectivity index (χ3n) is 2.89. The molecule has 5 nitrogen and oxygen atoms in total. The fourth-order valence-electron chi connectivity index (χ4n) is 1.94. The van der Waals surface area contributed by atoms with Crippen LogP contribution in [0.2, 0.25) is 0 Å². The van der Waals surface area contributed by atoms with Crippen LogP contribution in [-0.4, -0.2) is 23.2 Å². The number of nitrogens with one attached hydrogen (secondary N) is 3. The maximum absolute atomic E-state index is 11.8. The number of thiocarbonyl (C=S) groups is 1. The van der Waals surface area contributed by atoms with Crippen LogP contribution < -0.4 is 20.9 Å². The number of benzene rings is 2. The summed E-state index contributed by atoms with van der Waals surface area (Å²) >= 11 is 5.07. The van der Waals surface area contributed by atoms with Gasteiger partial charge in [-0.1, -0.05) is 30.3 Å². The molecule has 0 unspecified atom stereocenters. The molecule has 0 bridgehead atoms. The lowest BCUT2D eigenvalue weighted by Gasteiger charge is -2.23. The number of rotatable bonds is 3. The molecule has 0 saturated carbocycles. The van der Waals surface area contributed by atoms with Crippen molar-refractivity contribution >= 4 is 34.0 Å². The van der Waals surface area contributed by atoms with Crippen LogP contribution in [0.4, 0.5) is 0 Å². The largest absolute Gasteiger partial charge is 0.484 e. The summed E-state index contributed by atoms with van der Waals surface area (Å²) < 4.78 is 5.49. The highest BCUT2D eigenvalue weighted by molar-refractivity contribution is 7.80. The van der Waals surface area contributed by atoms with Gasteiger partial charge in [0.15, 0.2) is 11.7 Å². The first-order valence-electron chi connectivity index (χ1n) is 7.32. The topological polar surface area (TPSA) is 62.4 Å². The summed E-state index contributed by atoms with van der Waals surface area (Å²) in [4.78, 5) is 11.8. The molecule has 6 heteroatoms. The van der Waals surface area contributed by atoms with Crippen LogP contribution in [0.3, 0.4) is 0 Å². The van der Waals surface area contributed by atoms with Crippen LogP contribution in [0.25, 0.3) is 10.8 Å². The Balaban J connectivity index is 1.80. The maximum atomic E-state index is 11.8. The standard InChI is InChI=1S/C17H21N3O2S/c1-17(2,3)18-16(23)20-19-15(21)11-22-14-9-8-12-6-4-5-7-13(12)10-14/h4-10H,11H2,1-3H3,(H,19,21)(H2,18,20,23). The molecule has 0 aromatic heterocycles. The molecule has 0 aliphatic heterocycles. The highest BCUT2D eigenvalue weighted by atomic mass is 32.1. The number of hydrazine groups is 1. The number of ether oxygens (including phenoxy) is 1. The molecule has 0 heterocycles. The van der Waals surface area contributed by atoms with E-state index in [0.29, 0.717) is 10.9 Å². The van der Waals surface area contributed by atoms with E-state index in [1.54, 1.807) is 0 Å². The van der Waals surface area contributed by atoms with Gasteiger partial charge < -0.3 is 10.1 Å². The van der Waals surface area contributed by atoms with E-state index in [4.69, 9.17) is 17.0 Å². The lowest BCUT2D eigenvalue weighted by molar-refractivity contribution is -0.123. The van der Waals surface area contributed by atoms with E-state index in [1.807, 2.05) is 63.2 Å². The van der Waals surface area contributed by atoms with Crippen molar-refractivity contribution in [1.82, 2.24) is 16.2 Å². The highest BCUT2D eigenvalue weighted by Crippen LogP contribution is 2.20. The van der Waals surface area contributed by atoms with Gasteiger partial charge in [0.1, 0.15) is 5.75 Å². The summed E-state index contributed by atoms with van der Waals surface area (Å²) in [6.07, 6.45) is 0. The third-order valence-corrected chi connectivity index (χ3v) is 3.10. The van der Waals surface area contributed by atoms with Crippen molar-refractivity contribution < 1.29 is 9.53 Å². The predicted molar refractivity (Wildman–Crippen MR) is 96.2 cm³/mol. The van der Waals surface area contributed by atoms with Crippen molar-refractivity contribution in [2.75, 3.05) is 6.61 Å². The van der Waals surface area contributed by atoms with Gasteiger partial charge in [-0.3, -0.25) is 15.6 Å². The maximum Gasteiger partial charge on any atom is 0.276 e. The zero-order valence-corrected chi connectivity index (χ0v) is 14.3. The summed E-state index contributed by atoms with van der Waals surface area (Å²) in [5.41, 5.74) is 4.97. The number of fused-ring (bicyclic) bond motifs is 1. The number of hydrogen-bond acceptors (Lipinski definition) is 3. The first-order chi connectivity index (χ1) is 10.8. The van der Waals surface area contributed by atoms with Crippen molar-refractivity contribution in [3.63, 3.8) is 0 Å². The molecule has 0 radical (unpaired) electrons. The van der Waals surface area contributed by atoms with E-state index in [-0.39, 0.29) is 18.1 Å². The summed E-state index contributed by atoms with van der Waals surface area (Å²) in [6, 6.07) is 13.7. The van der Waals surface area contributed by atoms with Gasteiger partial charge in [0.05, 0.1) is 0 Å². The zero-order valence-electron chi connectivity index (χ0n) is 13.5. The number of carbonyl (C=O) groups excluding carboxylic acids is 1. The monoisotopic (exact) mass is 331 g/mol. The second kappa shape index (κ2) is 7.28. The Morgan fingerprint density at radius 1 is 1.09 bits per heavy atom. The van der Waals surface area contributed by atoms with E-state index in [2.05, 4.69) is 16.2 Å². The SMILES string of the molecule is CC(C)(C)NC(=S)NNC(=O)COc1ccc2ccccc2c1. The number of amides is 1. The van der Waals surface area contributed by atoms with Crippen LogP contribution in [0.15, 0.2) is 42.5 Å². The second-order valence-electron chi connectivity index (χ2n) is 6.17. The molecule has 122 valence electrons. The van der Waals surface area contributed by atoms with Gasteiger partial charge in [-0.05, 0) is 55.9 Å². The summed E-state index contributed by atoms with van der Waals surface area (Å²) in [7, 11) is 0. The van der Waals surface area contributed by atoms with Gasteiger partial charge in [-0.25, -0.2) is 0 Å². The van der Waals surface area contributed by atoms with Crippen molar-refractivity contribution in [3.8, 4) is 5.75 Å². The fraction of sp³-hybridized carbons (Fsp3) is 0.294. The minimum absolute atomic E-state index is 0.0938. The van der Waals surface area contributed by atoms with Gasteiger partial charge in [0.2, 0.25) is 0 Å². The van der Waals surface area contributed by atoms with Gasteiger partial charge >= 0.3 is 0 Å². The van der Waals surface area contributed by atoms with Crippen LogP contribution in [0.5, 0.6) is 5.75 Å². The molecular weight excluding hydrogens is 310 g/mol. The molecular formula is C17H21N3O2S. The minimum atomic E-state index is -0.309. The van der Waals surface area contributed by atoms with Gasteiger partial charge in [-0.2, -0.15) is 0 Å². The molecule has 2 rings (SSSR count). The average molecular weight is 331 g/mol. The van der Waals surface area contributed by atoms with E-state index >= 15 is 0 Å². The molecule has 0 aliphatic rings. The molecule has 23 heavy (non-hydrogen) atoms. The molecule has 0 saturated heterocycles. The molecule has 0 fully saturated rings. The Bertz CT molecular complexity index is 710. The van der Waals surface area contributed by atoms with Crippen LogP contribution >= 0.6 is 12.2 Å². The summed E-state index contributed by atoms with van der Waals surface area (Å²) in [6.45, 7) is 5.84. The van der Waals surface area contributed by atoms with Crippen molar-refractivity contribution in [2.24, 2.45) is 0 Å². The Morgan fingerprint density at radius 3 is 2.48 bits per heavy atom. The third kappa shape index (κ3) is 5.75. The normalized spacial score (nSPS) is 10.9. The smallest absolute Gasteiger partial charge is 0.276 e. The second-order valence-corrected chi connectivity index (χ2v) is 6.58. The van der Waals surface area contributed by atoms with Gasteiger partial charge in [0, 0.05) is 5.54 Å². The Kier molecular flexibility index (Phi) is 5.39. The van der Waals surface area contributed by atoms with Crippen molar-refractivity contribution in [2.45, 2.75) is 26.3 Å². The lowest BCUT2D eigenvalue weighted by Crippen LogP contribution is -2.52. The molecule has 2 aromatic carbocycles. The molecule has 3 N–H and O–H groups in total. The molecule has 2 aromatic rings. The quantitative estimate of drug-likeness (QED) is 0.596. The molecule has 0 atom stereocenters. The molecule has 0 spiro atoms. The lowest BCUT2D eigenvalue weighted by atomic mass is 10.1. The van der Waals surface area contributed by atoms with Crippen molar-refractivity contribution in [1.29, 1.82) is 0 Å². The van der Waals surface area contributed by atoms with E-state index in [1.165, 1.54) is 0 Å². The van der Waals surface area contributed by atoms with Crippen molar-refractivity contribution in [3.05, 3.63) is 42.5 Å². The zero-order chi connectivity index (χ0) is 16.9. The summed E-state index contributed by atoms with van der Waals surface area (Å²) in [5, 5.41) is 5.59. The molecule has 1 amide bonds. The first-order valence-corrected chi connectivity index (χ1v) is 7.73. The highest BCUT2D eigenvalue weighted by Gasteiger charge is 2.11. The molecule has 0 aliphatic carbocycles. The van der Waals surface area contributed by atoms with E-state index < -0.39 is 0 Å². The first kappa shape index (κ1) is 17.0. The number of carbonyl (C=O) groups is 1. The Labute approximate surface area is 141 Å². The summed E-state index contributed by atoms with van der Waals surface area (Å²) in [5.74, 6) is 0.338. The predicted octanol–water partition coefficient (Wildman–Crippen LogP) is 2.51. The van der Waals surface area contributed by atoms with Crippen LogP contribution in [-0.2, 0) is 4.79 Å². The van der Waals surface area contributed by atoms with Crippen LogP contribution in [0, 0.1) is 0 Å². The van der Waals surface area contributed by atoms with Gasteiger partial charge in [0.25, 0.3) is 5.91 Å². The van der Waals surface area contributed by atoms with E-state index in [9.17, 15) is 4.79 Å². The fourth-order valence-corrected chi connectivity index (χ4v) is 2.30. The average Bonchev–Trinajstić information content (AvgIpc) is 2.49. The van der Waals surface area contributed by atoms with E-state index in [0.717, 1.165) is 10.8 Å².